The van der Waals surface area contributed by atoms with Gasteiger partial charge in [0.05, 0.1) is 0 Å². The van der Waals surface area contributed by atoms with Crippen LogP contribution in [-0.4, -0.2) is 9.97 Å². The van der Waals surface area contributed by atoms with E-state index in [1.54, 1.807) is 0 Å². The summed E-state index contributed by atoms with van der Waals surface area (Å²) in [6.45, 7) is 0. The molecule has 0 amide bonds. The Morgan fingerprint density at radius 2 is 0.727 bits per heavy atom. The van der Waals surface area contributed by atoms with Crippen molar-refractivity contribution in [2.45, 2.75) is 0 Å². The van der Waals surface area contributed by atoms with Gasteiger partial charge in [-0.2, -0.15) is 0 Å². The molecule has 0 saturated heterocycles. The highest BCUT2D eigenvalue weighted by Crippen LogP contribution is 2.35. The van der Waals surface area contributed by atoms with Gasteiger partial charge in [-0.3, -0.25) is 0 Å². The number of oxazole rings is 2. The monoisotopic (exact) mass is 564 g/mol. The van der Waals surface area contributed by atoms with E-state index in [1.807, 2.05) is 12.1 Å². The number of nitrogens with zero attached hydrogens (tertiary/aromatic N) is 2. The Kier molecular flexibility index (Phi) is 5.47. The molecule has 9 rings (SSSR count). The van der Waals surface area contributed by atoms with Gasteiger partial charge in [0, 0.05) is 0 Å². The molecule has 7 aromatic carbocycles. The van der Waals surface area contributed by atoms with Crippen LogP contribution in [0.2, 0.25) is 0 Å². The normalized spacial score (nSPS) is 11.6. The maximum Gasteiger partial charge on any atom is 0.181 e. The molecule has 0 spiro atoms. The van der Waals surface area contributed by atoms with E-state index < -0.39 is 0 Å². The summed E-state index contributed by atoms with van der Waals surface area (Å²) >= 11 is 0. The summed E-state index contributed by atoms with van der Waals surface area (Å²) < 4.78 is 11.1. The van der Waals surface area contributed by atoms with Crippen LogP contribution in [0.1, 0.15) is 0 Å². The zero-order chi connectivity index (χ0) is 29.0. The standard InChI is InChI=1S/C40H24N2O2/c1-3-25(17-27(5-1)31-11-15-37-39(21-31)43-23-41-37)29-9-13-35-33(19-29)7-8-34-20-30(10-14-36(34)35)26-4-2-6-28(18-26)32-12-16-38-40(22-32)44-24-42-38/h1-24H. The minimum atomic E-state index is 0.797. The van der Waals surface area contributed by atoms with Crippen molar-refractivity contribution in [3.63, 3.8) is 0 Å². The van der Waals surface area contributed by atoms with Gasteiger partial charge in [0.2, 0.25) is 0 Å². The predicted octanol–water partition coefficient (Wildman–Crippen LogP) is 10.9. The summed E-state index contributed by atoms with van der Waals surface area (Å²) in [4.78, 5) is 8.48. The van der Waals surface area contributed by atoms with Crippen molar-refractivity contribution in [2.75, 3.05) is 0 Å². The number of benzene rings is 7. The Bertz CT molecular complexity index is 2340. The second-order valence-electron chi connectivity index (χ2n) is 11.2. The molecule has 2 aromatic heterocycles. The van der Waals surface area contributed by atoms with E-state index in [0.29, 0.717) is 0 Å². The first kappa shape index (κ1) is 24.6. The summed E-state index contributed by atoms with van der Waals surface area (Å²) in [5, 5.41) is 4.94. The van der Waals surface area contributed by atoms with Crippen LogP contribution in [-0.2, 0) is 0 Å². The second-order valence-corrected chi connectivity index (χ2v) is 11.2. The van der Waals surface area contributed by atoms with Crippen LogP contribution in [0.5, 0.6) is 0 Å². The molecule has 0 aliphatic carbocycles. The van der Waals surface area contributed by atoms with Gasteiger partial charge >= 0.3 is 0 Å². The minimum absolute atomic E-state index is 0.797. The number of fused-ring (bicyclic) bond motifs is 5. The molecule has 0 bridgehead atoms. The molecular formula is C40H24N2O2. The summed E-state index contributed by atoms with van der Waals surface area (Å²) in [7, 11) is 0. The molecule has 0 aliphatic heterocycles. The van der Waals surface area contributed by atoms with Crippen molar-refractivity contribution in [2.24, 2.45) is 0 Å². The lowest BCUT2D eigenvalue weighted by atomic mass is 9.93. The summed E-state index contributed by atoms with van der Waals surface area (Å²) in [6, 6.07) is 47.6. The van der Waals surface area contributed by atoms with Gasteiger partial charge in [0.1, 0.15) is 11.0 Å². The Hall–Kier alpha value is -6.00. The maximum atomic E-state index is 5.53. The maximum absolute atomic E-state index is 5.53. The van der Waals surface area contributed by atoms with Crippen LogP contribution >= 0.6 is 0 Å². The van der Waals surface area contributed by atoms with Crippen molar-refractivity contribution in [3.05, 3.63) is 146 Å². The highest BCUT2D eigenvalue weighted by molar-refractivity contribution is 6.09. The molecule has 0 N–H and O–H groups in total. The molecule has 0 fully saturated rings. The van der Waals surface area contributed by atoms with Crippen molar-refractivity contribution in [1.82, 2.24) is 9.97 Å². The first-order chi connectivity index (χ1) is 21.7. The molecule has 4 nitrogen and oxygen atoms in total. The average molecular weight is 565 g/mol. The van der Waals surface area contributed by atoms with Gasteiger partial charge in [-0.15, -0.1) is 0 Å². The molecule has 9 aromatic rings. The minimum Gasteiger partial charge on any atom is -0.443 e. The third kappa shape index (κ3) is 4.16. The van der Waals surface area contributed by atoms with E-state index in [4.69, 9.17) is 8.83 Å². The van der Waals surface area contributed by atoms with Crippen molar-refractivity contribution < 1.29 is 8.83 Å². The number of aromatic nitrogens is 2. The molecule has 0 saturated carbocycles. The van der Waals surface area contributed by atoms with Gasteiger partial charge in [-0.1, -0.05) is 84.9 Å². The quantitative estimate of drug-likeness (QED) is 0.200. The van der Waals surface area contributed by atoms with E-state index in [0.717, 1.165) is 44.5 Å². The van der Waals surface area contributed by atoms with Gasteiger partial charge < -0.3 is 8.83 Å². The zero-order valence-corrected chi connectivity index (χ0v) is 23.6. The molecule has 206 valence electrons. The molecule has 0 atom stereocenters. The lowest BCUT2D eigenvalue weighted by Gasteiger charge is -2.11. The fourth-order valence-electron chi connectivity index (χ4n) is 6.26. The molecule has 2 heterocycles. The summed E-state index contributed by atoms with van der Waals surface area (Å²) in [5.74, 6) is 0. The largest absolute Gasteiger partial charge is 0.443 e. The van der Waals surface area contributed by atoms with Crippen molar-refractivity contribution in [1.29, 1.82) is 0 Å². The summed E-state index contributed by atoms with van der Waals surface area (Å²) in [5.41, 5.74) is 12.6. The van der Waals surface area contributed by atoms with E-state index in [-0.39, 0.29) is 0 Å². The van der Waals surface area contributed by atoms with Crippen molar-refractivity contribution >= 4 is 43.7 Å². The molecule has 44 heavy (non-hydrogen) atoms. The SMILES string of the molecule is c1cc(-c2ccc3c(ccc4cc(-c5cccc(-c6ccc7ncoc7c6)c5)ccc43)c2)cc(-c2ccc3ncoc3c2)c1. The van der Waals surface area contributed by atoms with Crippen LogP contribution in [0.15, 0.2) is 155 Å². The lowest BCUT2D eigenvalue weighted by molar-refractivity contribution is 0.602. The third-order valence-corrected chi connectivity index (χ3v) is 8.56. The molecule has 0 aliphatic rings. The average Bonchev–Trinajstić information content (AvgIpc) is 3.77. The van der Waals surface area contributed by atoms with Gasteiger partial charge in [0.15, 0.2) is 24.0 Å². The van der Waals surface area contributed by atoms with Gasteiger partial charge in [-0.25, -0.2) is 9.97 Å². The first-order valence-electron chi connectivity index (χ1n) is 14.6. The van der Waals surface area contributed by atoms with E-state index in [1.165, 1.54) is 56.6 Å². The zero-order valence-electron chi connectivity index (χ0n) is 23.6. The van der Waals surface area contributed by atoms with E-state index in [2.05, 4.69) is 131 Å². The smallest absolute Gasteiger partial charge is 0.181 e. The fourth-order valence-corrected chi connectivity index (χ4v) is 6.26. The van der Waals surface area contributed by atoms with Gasteiger partial charge in [-0.05, 0) is 115 Å². The number of hydrogen-bond acceptors (Lipinski definition) is 4. The Morgan fingerprint density at radius 3 is 1.18 bits per heavy atom. The molecular weight excluding hydrogens is 540 g/mol. The lowest BCUT2D eigenvalue weighted by Crippen LogP contribution is -1.85. The van der Waals surface area contributed by atoms with Crippen molar-refractivity contribution in [3.8, 4) is 44.5 Å². The van der Waals surface area contributed by atoms with Gasteiger partial charge in [0.25, 0.3) is 0 Å². The Morgan fingerprint density at radius 1 is 0.341 bits per heavy atom. The van der Waals surface area contributed by atoms with E-state index >= 15 is 0 Å². The second kappa shape index (κ2) is 9.79. The van der Waals surface area contributed by atoms with Crippen LogP contribution in [0, 0.1) is 0 Å². The highest BCUT2D eigenvalue weighted by atomic mass is 16.3. The van der Waals surface area contributed by atoms with E-state index in [9.17, 15) is 0 Å². The molecule has 0 radical (unpaired) electrons. The topological polar surface area (TPSA) is 52.1 Å². The van der Waals surface area contributed by atoms with Crippen LogP contribution in [0.3, 0.4) is 0 Å². The van der Waals surface area contributed by atoms with Crippen LogP contribution in [0.25, 0.3) is 88.3 Å². The van der Waals surface area contributed by atoms with Crippen LogP contribution < -0.4 is 0 Å². The first-order valence-corrected chi connectivity index (χ1v) is 14.6. The predicted molar refractivity (Wildman–Crippen MR) is 178 cm³/mol. The summed E-state index contributed by atoms with van der Waals surface area (Å²) in [6.07, 6.45) is 2.98. The molecule has 4 heteroatoms. The Labute approximate surface area is 252 Å². The molecule has 0 unspecified atom stereocenters. The Balaban J connectivity index is 1.05. The number of rotatable bonds is 4. The highest BCUT2D eigenvalue weighted by Gasteiger charge is 2.09. The fraction of sp³-hybridized carbons (Fsp3) is 0. The van der Waals surface area contributed by atoms with Crippen LogP contribution in [0.4, 0.5) is 0 Å². The third-order valence-electron chi connectivity index (χ3n) is 8.56. The number of hydrogen-bond donors (Lipinski definition) is 0.